The minimum Gasteiger partial charge on any atom is -0.315 e. The number of hydrogen-bond acceptors (Lipinski definition) is 1. The van der Waals surface area contributed by atoms with Crippen molar-refractivity contribution in [2.24, 2.45) is 0 Å². The van der Waals surface area contributed by atoms with Crippen LogP contribution in [0.1, 0.15) is 19.4 Å². The Morgan fingerprint density at radius 3 is 2.62 bits per heavy atom. The van der Waals surface area contributed by atoms with Crippen LogP contribution in [0.15, 0.2) is 18.2 Å². The van der Waals surface area contributed by atoms with E-state index in [0.29, 0.717) is 5.88 Å². The SMILES string of the molecule is CC(C)(CNCCCl)c1ccc(F)c(Cl)c1. The van der Waals surface area contributed by atoms with Gasteiger partial charge in [0.25, 0.3) is 0 Å². The van der Waals surface area contributed by atoms with Crippen molar-refractivity contribution in [3.8, 4) is 0 Å². The summed E-state index contributed by atoms with van der Waals surface area (Å²) in [6.45, 7) is 5.71. The Bertz CT molecular complexity index is 353. The molecule has 0 bridgehead atoms. The maximum atomic E-state index is 13.0. The van der Waals surface area contributed by atoms with E-state index in [1.807, 2.05) is 0 Å². The third kappa shape index (κ3) is 3.62. The van der Waals surface area contributed by atoms with Gasteiger partial charge in [-0.1, -0.05) is 31.5 Å². The summed E-state index contributed by atoms with van der Waals surface area (Å²) >= 11 is 11.4. The second-order valence-electron chi connectivity index (χ2n) is 4.38. The molecule has 1 rings (SSSR count). The van der Waals surface area contributed by atoms with E-state index in [0.717, 1.165) is 18.7 Å². The van der Waals surface area contributed by atoms with Crippen molar-refractivity contribution in [3.63, 3.8) is 0 Å². The highest BCUT2D eigenvalue weighted by Gasteiger charge is 2.20. The lowest BCUT2D eigenvalue weighted by Gasteiger charge is -2.26. The number of nitrogens with one attached hydrogen (secondary N) is 1. The molecule has 0 saturated carbocycles. The van der Waals surface area contributed by atoms with Crippen molar-refractivity contribution in [2.75, 3.05) is 19.0 Å². The van der Waals surface area contributed by atoms with Crippen molar-refractivity contribution >= 4 is 23.2 Å². The first-order chi connectivity index (χ1) is 7.47. The summed E-state index contributed by atoms with van der Waals surface area (Å²) in [7, 11) is 0. The summed E-state index contributed by atoms with van der Waals surface area (Å²) in [6, 6.07) is 4.85. The standard InChI is InChI=1S/C12H16Cl2FN/c1-12(2,8-16-6-5-13)9-3-4-11(15)10(14)7-9/h3-4,7,16H,5-6,8H2,1-2H3. The molecule has 0 aliphatic rings. The Labute approximate surface area is 106 Å². The van der Waals surface area contributed by atoms with Gasteiger partial charge in [-0.2, -0.15) is 0 Å². The number of benzene rings is 1. The molecule has 0 heterocycles. The van der Waals surface area contributed by atoms with Gasteiger partial charge >= 0.3 is 0 Å². The van der Waals surface area contributed by atoms with Gasteiger partial charge in [0.05, 0.1) is 5.02 Å². The van der Waals surface area contributed by atoms with Gasteiger partial charge in [0.1, 0.15) is 5.82 Å². The number of hydrogen-bond donors (Lipinski definition) is 1. The third-order valence-corrected chi connectivity index (χ3v) is 3.02. The molecule has 0 spiro atoms. The normalized spacial score (nSPS) is 11.8. The van der Waals surface area contributed by atoms with Crippen LogP contribution in [0.5, 0.6) is 0 Å². The molecule has 0 aliphatic heterocycles. The maximum absolute atomic E-state index is 13.0. The molecule has 0 atom stereocenters. The molecule has 0 amide bonds. The van der Waals surface area contributed by atoms with E-state index in [1.54, 1.807) is 12.1 Å². The lowest BCUT2D eigenvalue weighted by atomic mass is 9.84. The van der Waals surface area contributed by atoms with Crippen LogP contribution < -0.4 is 5.32 Å². The second-order valence-corrected chi connectivity index (χ2v) is 5.16. The van der Waals surface area contributed by atoms with E-state index in [9.17, 15) is 4.39 Å². The summed E-state index contributed by atoms with van der Waals surface area (Å²) in [5, 5.41) is 3.41. The number of alkyl halides is 1. The van der Waals surface area contributed by atoms with E-state index in [1.165, 1.54) is 6.07 Å². The quantitative estimate of drug-likeness (QED) is 0.633. The molecule has 1 aromatic rings. The van der Waals surface area contributed by atoms with Crippen molar-refractivity contribution in [1.29, 1.82) is 0 Å². The van der Waals surface area contributed by atoms with Crippen LogP contribution in [-0.4, -0.2) is 19.0 Å². The first-order valence-corrected chi connectivity index (χ1v) is 6.11. The third-order valence-electron chi connectivity index (χ3n) is 2.54. The van der Waals surface area contributed by atoms with Crippen molar-refractivity contribution in [2.45, 2.75) is 19.3 Å². The van der Waals surface area contributed by atoms with Gasteiger partial charge in [-0.3, -0.25) is 0 Å². The summed E-state index contributed by atoms with van der Waals surface area (Å²) in [5.74, 6) is 0.204. The molecule has 1 aromatic carbocycles. The van der Waals surface area contributed by atoms with Gasteiger partial charge < -0.3 is 5.32 Å². The first kappa shape index (κ1) is 13.8. The maximum Gasteiger partial charge on any atom is 0.141 e. The molecule has 0 aromatic heterocycles. The minimum absolute atomic E-state index is 0.0939. The highest BCUT2D eigenvalue weighted by Crippen LogP contribution is 2.26. The fourth-order valence-corrected chi connectivity index (χ4v) is 1.80. The molecule has 1 N–H and O–H groups in total. The Morgan fingerprint density at radius 1 is 1.38 bits per heavy atom. The highest BCUT2D eigenvalue weighted by atomic mass is 35.5. The molecule has 16 heavy (non-hydrogen) atoms. The van der Waals surface area contributed by atoms with E-state index in [4.69, 9.17) is 23.2 Å². The molecule has 0 fully saturated rings. The zero-order chi connectivity index (χ0) is 12.2. The Morgan fingerprint density at radius 2 is 2.06 bits per heavy atom. The lowest BCUT2D eigenvalue weighted by molar-refractivity contribution is 0.477. The van der Waals surface area contributed by atoms with Gasteiger partial charge in [0.2, 0.25) is 0 Å². The van der Waals surface area contributed by atoms with Gasteiger partial charge in [-0.05, 0) is 17.7 Å². The van der Waals surface area contributed by atoms with Crippen LogP contribution in [0, 0.1) is 5.82 Å². The molecular weight excluding hydrogens is 248 g/mol. The summed E-state index contributed by atoms with van der Waals surface area (Å²) < 4.78 is 13.0. The molecule has 0 saturated heterocycles. The molecule has 1 nitrogen and oxygen atoms in total. The molecule has 0 radical (unpaired) electrons. The average molecular weight is 264 g/mol. The summed E-state index contributed by atoms with van der Waals surface area (Å²) in [4.78, 5) is 0. The highest BCUT2D eigenvalue weighted by molar-refractivity contribution is 6.30. The topological polar surface area (TPSA) is 12.0 Å². The smallest absolute Gasteiger partial charge is 0.141 e. The largest absolute Gasteiger partial charge is 0.315 e. The van der Waals surface area contributed by atoms with Crippen LogP contribution in [0.3, 0.4) is 0 Å². The summed E-state index contributed by atoms with van der Waals surface area (Å²) in [5.41, 5.74) is 0.921. The van der Waals surface area contributed by atoms with Gasteiger partial charge in [0, 0.05) is 24.4 Å². The van der Waals surface area contributed by atoms with Crippen LogP contribution in [-0.2, 0) is 5.41 Å². The van der Waals surface area contributed by atoms with E-state index < -0.39 is 0 Å². The Hall–Kier alpha value is -0.310. The molecule has 90 valence electrons. The average Bonchev–Trinajstić information content (AvgIpc) is 2.22. The van der Waals surface area contributed by atoms with Crippen LogP contribution in [0.2, 0.25) is 5.02 Å². The molecule has 0 aliphatic carbocycles. The van der Waals surface area contributed by atoms with Gasteiger partial charge in [0.15, 0.2) is 0 Å². The zero-order valence-corrected chi connectivity index (χ0v) is 11.0. The predicted molar refractivity (Wildman–Crippen MR) is 68.0 cm³/mol. The fourth-order valence-electron chi connectivity index (χ4n) is 1.49. The van der Waals surface area contributed by atoms with Crippen molar-refractivity contribution < 1.29 is 4.39 Å². The van der Waals surface area contributed by atoms with Crippen LogP contribution in [0.4, 0.5) is 4.39 Å². The van der Waals surface area contributed by atoms with Crippen molar-refractivity contribution in [1.82, 2.24) is 5.32 Å². The lowest BCUT2D eigenvalue weighted by Crippen LogP contribution is -2.33. The van der Waals surface area contributed by atoms with Crippen LogP contribution >= 0.6 is 23.2 Å². The van der Waals surface area contributed by atoms with Crippen LogP contribution in [0.25, 0.3) is 0 Å². The molecule has 0 unspecified atom stereocenters. The monoisotopic (exact) mass is 263 g/mol. The number of halogens is 3. The van der Waals surface area contributed by atoms with Crippen molar-refractivity contribution in [3.05, 3.63) is 34.6 Å². The minimum atomic E-state index is -0.380. The second kappa shape index (κ2) is 5.85. The number of rotatable bonds is 5. The summed E-state index contributed by atoms with van der Waals surface area (Å²) in [6.07, 6.45) is 0. The first-order valence-electron chi connectivity index (χ1n) is 5.19. The zero-order valence-electron chi connectivity index (χ0n) is 9.49. The Balaban J connectivity index is 2.76. The molecular formula is C12H16Cl2FN. The molecule has 4 heteroatoms. The van der Waals surface area contributed by atoms with E-state index in [-0.39, 0.29) is 16.3 Å². The van der Waals surface area contributed by atoms with E-state index >= 15 is 0 Å². The fraction of sp³-hybridized carbons (Fsp3) is 0.500. The van der Waals surface area contributed by atoms with Gasteiger partial charge in [-0.15, -0.1) is 11.6 Å². The predicted octanol–water partition coefficient (Wildman–Crippen LogP) is 3.59. The van der Waals surface area contributed by atoms with Gasteiger partial charge in [-0.25, -0.2) is 4.39 Å². The van der Waals surface area contributed by atoms with E-state index in [2.05, 4.69) is 19.2 Å². The Kier molecular flexibility index (Phi) is 5.03.